The highest BCUT2D eigenvalue weighted by atomic mass is 32.2. The van der Waals surface area contributed by atoms with E-state index in [2.05, 4.69) is 47.6 Å². The Morgan fingerprint density at radius 3 is 2.64 bits per heavy atom. The third-order valence-corrected chi connectivity index (χ3v) is 5.22. The zero-order valence-corrected chi connectivity index (χ0v) is 17.0. The first-order valence-electron chi connectivity index (χ1n) is 8.98. The summed E-state index contributed by atoms with van der Waals surface area (Å²) in [4.78, 5) is 13.2. The van der Waals surface area contributed by atoms with Crippen LogP contribution in [0.15, 0.2) is 51.8 Å². The maximum atomic E-state index is 12.1. The Morgan fingerprint density at radius 2 is 1.93 bits per heavy atom. The van der Waals surface area contributed by atoms with Crippen molar-refractivity contribution < 1.29 is 13.9 Å². The number of methoxy groups -OCH3 is 1. The average molecular weight is 398 g/mol. The summed E-state index contributed by atoms with van der Waals surface area (Å²) in [5, 5.41) is 10.6. The molecule has 0 bridgehead atoms. The van der Waals surface area contributed by atoms with Crippen LogP contribution in [-0.4, -0.2) is 29.0 Å². The van der Waals surface area contributed by atoms with E-state index >= 15 is 0 Å². The van der Waals surface area contributed by atoms with Gasteiger partial charge in [0.25, 0.3) is 0 Å². The molecular weight excluding hydrogens is 374 g/mol. The van der Waals surface area contributed by atoms with Crippen molar-refractivity contribution in [3.63, 3.8) is 0 Å². The van der Waals surface area contributed by atoms with E-state index in [0.29, 0.717) is 24.5 Å². The summed E-state index contributed by atoms with van der Waals surface area (Å²) in [6.07, 6.45) is 0.897. The molecule has 0 spiro atoms. The highest BCUT2D eigenvalue weighted by Gasteiger charge is 2.11. The maximum absolute atomic E-state index is 12.1. The largest absolute Gasteiger partial charge is 0.497 e. The van der Waals surface area contributed by atoms with Crippen LogP contribution >= 0.6 is 11.8 Å². The number of aryl methyl sites for hydroxylation is 2. The molecule has 2 aromatic carbocycles. The van der Waals surface area contributed by atoms with E-state index in [0.717, 1.165) is 16.2 Å². The number of nitrogens with one attached hydrogen (secondary N) is 1. The van der Waals surface area contributed by atoms with Gasteiger partial charge in [-0.05, 0) is 49.2 Å². The summed E-state index contributed by atoms with van der Waals surface area (Å²) >= 11 is 1.61. The predicted molar refractivity (Wildman–Crippen MR) is 110 cm³/mol. The standard InChI is InChI=1S/C21H23N3O3S/c1-14-4-5-16(15(2)12-14)13-20-23-24-21(27-20)22-19(25)10-11-28-18-8-6-17(26-3)7-9-18/h4-9,12H,10-11,13H2,1-3H3,(H,22,24,25). The lowest BCUT2D eigenvalue weighted by Gasteiger charge is -2.04. The molecule has 7 heteroatoms. The van der Waals surface area contributed by atoms with Crippen molar-refractivity contribution in [2.24, 2.45) is 0 Å². The SMILES string of the molecule is COc1ccc(SCCC(=O)Nc2nnc(Cc3ccc(C)cc3C)o2)cc1. The molecule has 1 amide bonds. The number of hydrogen-bond donors (Lipinski definition) is 1. The number of rotatable bonds is 8. The van der Waals surface area contributed by atoms with Crippen LogP contribution < -0.4 is 10.1 Å². The van der Waals surface area contributed by atoms with Gasteiger partial charge in [-0.1, -0.05) is 28.9 Å². The minimum atomic E-state index is -0.150. The van der Waals surface area contributed by atoms with E-state index in [-0.39, 0.29) is 11.9 Å². The second kappa shape index (κ2) is 9.41. The lowest BCUT2D eigenvalue weighted by molar-refractivity contribution is -0.115. The molecular formula is C21H23N3O3S. The molecule has 1 heterocycles. The van der Waals surface area contributed by atoms with Crippen molar-refractivity contribution in [1.29, 1.82) is 0 Å². The molecule has 0 atom stereocenters. The Hall–Kier alpha value is -2.80. The van der Waals surface area contributed by atoms with Gasteiger partial charge in [0.1, 0.15) is 5.75 Å². The van der Waals surface area contributed by atoms with E-state index in [1.54, 1.807) is 18.9 Å². The quantitative estimate of drug-likeness (QED) is 0.568. The van der Waals surface area contributed by atoms with Crippen molar-refractivity contribution in [2.45, 2.75) is 31.6 Å². The minimum absolute atomic E-state index is 0.138. The average Bonchev–Trinajstić information content (AvgIpc) is 3.11. The Labute approximate surface area is 168 Å². The van der Waals surface area contributed by atoms with E-state index in [1.165, 1.54) is 11.1 Å². The summed E-state index contributed by atoms with van der Waals surface area (Å²) in [6.45, 7) is 4.12. The van der Waals surface area contributed by atoms with Gasteiger partial charge in [-0.2, -0.15) is 0 Å². The monoisotopic (exact) mass is 397 g/mol. The van der Waals surface area contributed by atoms with Crippen LogP contribution in [0.2, 0.25) is 0 Å². The predicted octanol–water partition coefficient (Wildman–Crippen LogP) is 4.41. The highest BCUT2D eigenvalue weighted by molar-refractivity contribution is 7.99. The molecule has 0 radical (unpaired) electrons. The van der Waals surface area contributed by atoms with Crippen LogP contribution in [0.4, 0.5) is 6.01 Å². The molecule has 1 N–H and O–H groups in total. The molecule has 146 valence electrons. The molecule has 0 aliphatic carbocycles. The summed E-state index contributed by atoms with van der Waals surface area (Å²) < 4.78 is 10.7. The van der Waals surface area contributed by atoms with Gasteiger partial charge in [-0.15, -0.1) is 16.9 Å². The molecule has 3 aromatic rings. The van der Waals surface area contributed by atoms with Gasteiger partial charge >= 0.3 is 6.01 Å². The molecule has 0 aliphatic rings. The molecule has 1 aromatic heterocycles. The van der Waals surface area contributed by atoms with Gasteiger partial charge in [-0.3, -0.25) is 10.1 Å². The molecule has 0 saturated heterocycles. The van der Waals surface area contributed by atoms with E-state index in [9.17, 15) is 4.79 Å². The fourth-order valence-corrected chi connectivity index (χ4v) is 3.55. The zero-order chi connectivity index (χ0) is 19.9. The summed E-state index contributed by atoms with van der Waals surface area (Å²) in [5.41, 5.74) is 3.52. The van der Waals surface area contributed by atoms with Crippen LogP contribution in [0.3, 0.4) is 0 Å². The fourth-order valence-electron chi connectivity index (χ4n) is 2.70. The second-order valence-electron chi connectivity index (χ2n) is 6.43. The first-order valence-corrected chi connectivity index (χ1v) is 9.97. The molecule has 3 rings (SSSR count). The Balaban J connectivity index is 1.46. The molecule has 0 saturated carbocycles. The third-order valence-electron chi connectivity index (χ3n) is 4.21. The summed E-state index contributed by atoms with van der Waals surface area (Å²) in [7, 11) is 1.64. The number of anilines is 1. The molecule has 0 unspecified atom stereocenters. The number of hydrogen-bond acceptors (Lipinski definition) is 6. The van der Waals surface area contributed by atoms with E-state index in [1.807, 2.05) is 24.3 Å². The highest BCUT2D eigenvalue weighted by Crippen LogP contribution is 2.22. The number of thioether (sulfide) groups is 1. The van der Waals surface area contributed by atoms with Crippen molar-refractivity contribution in [3.8, 4) is 5.75 Å². The zero-order valence-electron chi connectivity index (χ0n) is 16.2. The minimum Gasteiger partial charge on any atom is -0.497 e. The number of carbonyl (C=O) groups excluding carboxylic acids is 1. The molecule has 6 nitrogen and oxygen atoms in total. The smallest absolute Gasteiger partial charge is 0.322 e. The van der Waals surface area contributed by atoms with Crippen LogP contribution in [0.5, 0.6) is 5.75 Å². The normalized spacial score (nSPS) is 10.7. The van der Waals surface area contributed by atoms with E-state index < -0.39 is 0 Å². The number of aromatic nitrogens is 2. The Kier molecular flexibility index (Phi) is 6.71. The van der Waals surface area contributed by atoms with Crippen molar-refractivity contribution in [2.75, 3.05) is 18.2 Å². The van der Waals surface area contributed by atoms with Crippen molar-refractivity contribution in [3.05, 3.63) is 65.0 Å². The lowest BCUT2D eigenvalue weighted by Crippen LogP contribution is -2.12. The number of amides is 1. The summed E-state index contributed by atoms with van der Waals surface area (Å²) in [5.74, 6) is 1.80. The second-order valence-corrected chi connectivity index (χ2v) is 7.60. The molecule has 0 aliphatic heterocycles. The first kappa shape index (κ1) is 19.9. The number of nitrogens with zero attached hydrogens (tertiary/aromatic N) is 2. The summed E-state index contributed by atoms with van der Waals surface area (Å²) in [6, 6.07) is 14.1. The molecule has 28 heavy (non-hydrogen) atoms. The maximum Gasteiger partial charge on any atom is 0.322 e. The van der Waals surface area contributed by atoms with Crippen LogP contribution in [0.1, 0.15) is 29.0 Å². The third kappa shape index (κ3) is 5.60. The van der Waals surface area contributed by atoms with Crippen LogP contribution in [0.25, 0.3) is 0 Å². The fraction of sp³-hybridized carbons (Fsp3) is 0.286. The first-order chi connectivity index (χ1) is 13.5. The Morgan fingerprint density at radius 1 is 1.14 bits per heavy atom. The van der Waals surface area contributed by atoms with Crippen molar-refractivity contribution in [1.82, 2.24) is 10.2 Å². The van der Waals surface area contributed by atoms with E-state index in [4.69, 9.17) is 9.15 Å². The van der Waals surface area contributed by atoms with Gasteiger partial charge in [0.2, 0.25) is 11.8 Å². The van der Waals surface area contributed by atoms with Crippen LogP contribution in [0, 0.1) is 13.8 Å². The number of carbonyl (C=O) groups is 1. The lowest BCUT2D eigenvalue weighted by atomic mass is 10.0. The topological polar surface area (TPSA) is 77.2 Å². The van der Waals surface area contributed by atoms with Gasteiger partial charge in [0, 0.05) is 17.1 Å². The van der Waals surface area contributed by atoms with Gasteiger partial charge < -0.3 is 9.15 Å². The number of ether oxygens (including phenoxy) is 1. The van der Waals surface area contributed by atoms with Crippen molar-refractivity contribution >= 4 is 23.7 Å². The molecule has 0 fully saturated rings. The van der Waals surface area contributed by atoms with Crippen LogP contribution in [-0.2, 0) is 11.2 Å². The Bertz CT molecular complexity index is 938. The van der Waals surface area contributed by atoms with Gasteiger partial charge in [-0.25, -0.2) is 0 Å². The number of benzene rings is 2. The van der Waals surface area contributed by atoms with Gasteiger partial charge in [0.15, 0.2) is 0 Å². The van der Waals surface area contributed by atoms with Gasteiger partial charge in [0.05, 0.1) is 13.5 Å².